The van der Waals surface area contributed by atoms with E-state index in [1.165, 1.54) is 26.6 Å². The van der Waals surface area contributed by atoms with Gasteiger partial charge in [0.15, 0.2) is 11.5 Å². The predicted molar refractivity (Wildman–Crippen MR) is 51.0 cm³/mol. The number of nitro groups is 1. The molecule has 15 heavy (non-hydrogen) atoms. The summed E-state index contributed by atoms with van der Waals surface area (Å²) in [7, 11) is 2.73. The molecule has 0 atom stereocenters. The number of carbonyl (C=O) groups excluding carboxylic acids is 1. The van der Waals surface area contributed by atoms with E-state index in [2.05, 4.69) is 0 Å². The van der Waals surface area contributed by atoms with Gasteiger partial charge in [0, 0.05) is 6.07 Å². The Kier molecular flexibility index (Phi) is 3.22. The summed E-state index contributed by atoms with van der Waals surface area (Å²) in [5.74, 6) is 0.449. The molecule has 0 aliphatic heterocycles. The zero-order valence-corrected chi connectivity index (χ0v) is 8.14. The Balaban J connectivity index is 3.40. The fraction of sp³-hybridized carbons (Fsp3) is 0.222. The van der Waals surface area contributed by atoms with Crippen LogP contribution in [-0.2, 0) is 4.79 Å². The van der Waals surface area contributed by atoms with Crippen molar-refractivity contribution in [3.8, 4) is 11.5 Å². The number of nitrogens with zero attached hydrogens (tertiary/aromatic N) is 1. The first kappa shape index (κ1) is 11.0. The number of rotatable bonds is 4. The number of hydrogen-bond donors (Lipinski definition) is 0. The van der Waals surface area contributed by atoms with Crippen molar-refractivity contribution in [2.45, 2.75) is 0 Å². The van der Waals surface area contributed by atoms with Crippen molar-refractivity contribution >= 4 is 12.0 Å². The monoisotopic (exact) mass is 210 g/mol. The smallest absolute Gasteiger partial charge is 0.284 e. The van der Waals surface area contributed by atoms with E-state index in [1.54, 1.807) is 0 Å². The van der Waals surface area contributed by atoms with E-state index in [0.29, 0.717) is 0 Å². The van der Waals surface area contributed by atoms with Gasteiger partial charge in [-0.1, -0.05) is 0 Å². The third kappa shape index (κ3) is 2.04. The van der Waals surface area contributed by atoms with Gasteiger partial charge < -0.3 is 9.47 Å². The fourth-order valence-electron chi connectivity index (χ4n) is 1.10. The van der Waals surface area contributed by atoms with Crippen LogP contribution < -0.4 is 9.47 Å². The lowest BCUT2D eigenvalue weighted by Crippen LogP contribution is -1.98. The van der Waals surface area contributed by atoms with Gasteiger partial charge in [0.05, 0.1) is 25.2 Å². The SMILES string of the molecule is COc1cc([C]=O)c([N+](=O)[O-])cc1OC. The van der Waals surface area contributed by atoms with E-state index in [4.69, 9.17) is 9.47 Å². The summed E-state index contributed by atoms with van der Waals surface area (Å²) in [6, 6.07) is 2.34. The highest BCUT2D eigenvalue weighted by Gasteiger charge is 2.19. The van der Waals surface area contributed by atoms with Crippen LogP contribution in [0, 0.1) is 10.1 Å². The van der Waals surface area contributed by atoms with Crippen molar-refractivity contribution in [1.29, 1.82) is 0 Å². The molecule has 0 spiro atoms. The third-order valence-corrected chi connectivity index (χ3v) is 1.81. The summed E-state index contributed by atoms with van der Waals surface area (Å²) in [5, 5.41) is 10.6. The average Bonchev–Trinajstić information content (AvgIpc) is 2.26. The molecule has 1 aromatic rings. The number of hydrogen-bond acceptors (Lipinski definition) is 5. The van der Waals surface area contributed by atoms with Crippen LogP contribution in [0.5, 0.6) is 11.5 Å². The lowest BCUT2D eigenvalue weighted by molar-refractivity contribution is -0.385. The van der Waals surface area contributed by atoms with Crippen molar-refractivity contribution in [1.82, 2.24) is 0 Å². The number of benzene rings is 1. The van der Waals surface area contributed by atoms with Crippen molar-refractivity contribution in [2.24, 2.45) is 0 Å². The van der Waals surface area contributed by atoms with Crippen LogP contribution >= 0.6 is 0 Å². The molecule has 1 aromatic carbocycles. The standard InChI is InChI=1S/C9H8NO5/c1-14-8-3-6(5-11)7(10(12)13)4-9(8)15-2/h3-4H,1-2H3. The molecule has 6 nitrogen and oxygen atoms in total. The van der Waals surface area contributed by atoms with Crippen LogP contribution in [0.4, 0.5) is 5.69 Å². The molecule has 0 saturated carbocycles. The maximum atomic E-state index is 10.6. The molecule has 0 aromatic heterocycles. The average molecular weight is 210 g/mol. The van der Waals surface area contributed by atoms with Crippen LogP contribution in [0.15, 0.2) is 12.1 Å². The highest BCUT2D eigenvalue weighted by molar-refractivity contribution is 5.83. The van der Waals surface area contributed by atoms with Crippen molar-refractivity contribution in [3.63, 3.8) is 0 Å². The molecule has 0 unspecified atom stereocenters. The highest BCUT2D eigenvalue weighted by Crippen LogP contribution is 2.33. The van der Waals surface area contributed by atoms with Gasteiger partial charge in [0.1, 0.15) is 5.56 Å². The number of nitro benzene ring substituents is 1. The zero-order chi connectivity index (χ0) is 11.4. The molecule has 1 radical (unpaired) electrons. The Morgan fingerprint density at radius 3 is 2.20 bits per heavy atom. The Hall–Kier alpha value is -2.11. The van der Waals surface area contributed by atoms with E-state index in [-0.39, 0.29) is 22.7 Å². The number of methoxy groups -OCH3 is 2. The molecule has 0 bridgehead atoms. The summed E-state index contributed by atoms with van der Waals surface area (Å²) in [4.78, 5) is 20.4. The summed E-state index contributed by atoms with van der Waals surface area (Å²) in [5.41, 5.74) is -0.527. The number of ether oxygens (including phenoxy) is 2. The van der Waals surface area contributed by atoms with Gasteiger partial charge in [0.2, 0.25) is 6.29 Å². The maximum absolute atomic E-state index is 10.6. The maximum Gasteiger partial charge on any atom is 0.284 e. The molecular weight excluding hydrogens is 202 g/mol. The molecular formula is C9H8NO5. The van der Waals surface area contributed by atoms with Gasteiger partial charge in [0.25, 0.3) is 5.69 Å². The molecule has 0 aliphatic carbocycles. The highest BCUT2D eigenvalue weighted by atomic mass is 16.6. The van der Waals surface area contributed by atoms with E-state index in [9.17, 15) is 14.9 Å². The molecule has 0 heterocycles. The summed E-state index contributed by atoms with van der Waals surface area (Å²) in [6.07, 6.45) is 1.48. The van der Waals surface area contributed by atoms with Gasteiger partial charge >= 0.3 is 0 Å². The van der Waals surface area contributed by atoms with Gasteiger partial charge in [-0.25, -0.2) is 0 Å². The topological polar surface area (TPSA) is 78.7 Å². The predicted octanol–water partition coefficient (Wildman–Crippen LogP) is 1.07. The minimum absolute atomic E-state index is 0.169. The fourth-order valence-corrected chi connectivity index (χ4v) is 1.10. The van der Waals surface area contributed by atoms with Gasteiger partial charge in [-0.3, -0.25) is 14.9 Å². The van der Waals surface area contributed by atoms with E-state index < -0.39 is 4.92 Å². The van der Waals surface area contributed by atoms with Gasteiger partial charge in [-0.2, -0.15) is 0 Å². The van der Waals surface area contributed by atoms with Gasteiger partial charge in [-0.05, 0) is 0 Å². The first-order valence-electron chi connectivity index (χ1n) is 3.92. The van der Waals surface area contributed by atoms with Crippen molar-refractivity contribution in [3.05, 3.63) is 27.8 Å². The van der Waals surface area contributed by atoms with E-state index >= 15 is 0 Å². The Labute approximate surface area is 85.6 Å². The van der Waals surface area contributed by atoms with Crippen LogP contribution in [0.3, 0.4) is 0 Å². The van der Waals surface area contributed by atoms with Gasteiger partial charge in [-0.15, -0.1) is 0 Å². The molecule has 79 valence electrons. The first-order chi connectivity index (χ1) is 7.13. The molecule has 0 fully saturated rings. The van der Waals surface area contributed by atoms with Crippen molar-refractivity contribution in [2.75, 3.05) is 14.2 Å². The molecule has 0 N–H and O–H groups in total. The van der Waals surface area contributed by atoms with Crippen molar-refractivity contribution < 1.29 is 19.2 Å². The quantitative estimate of drug-likeness (QED) is 0.548. The second kappa shape index (κ2) is 4.41. The zero-order valence-electron chi connectivity index (χ0n) is 8.14. The molecule has 0 aliphatic rings. The molecule has 1 rings (SSSR count). The van der Waals surface area contributed by atoms with E-state index in [0.717, 1.165) is 6.07 Å². The Morgan fingerprint density at radius 2 is 1.80 bits per heavy atom. The minimum atomic E-state index is -0.678. The Bertz CT molecular complexity index is 402. The van der Waals surface area contributed by atoms with Crippen LogP contribution in [-0.4, -0.2) is 25.4 Å². The van der Waals surface area contributed by atoms with Crippen LogP contribution in [0.1, 0.15) is 5.56 Å². The van der Waals surface area contributed by atoms with Crippen LogP contribution in [0.2, 0.25) is 0 Å². The normalized spacial score (nSPS) is 9.47. The lowest BCUT2D eigenvalue weighted by atomic mass is 10.1. The third-order valence-electron chi connectivity index (χ3n) is 1.81. The summed E-state index contributed by atoms with van der Waals surface area (Å²) >= 11 is 0. The minimum Gasteiger partial charge on any atom is -0.493 e. The Morgan fingerprint density at radius 1 is 1.27 bits per heavy atom. The molecule has 6 heteroatoms. The largest absolute Gasteiger partial charge is 0.493 e. The molecule has 0 saturated heterocycles. The summed E-state index contributed by atoms with van der Waals surface area (Å²) < 4.78 is 9.75. The molecule has 0 amide bonds. The first-order valence-corrected chi connectivity index (χ1v) is 3.92. The second-order valence-electron chi connectivity index (χ2n) is 2.58. The summed E-state index contributed by atoms with van der Waals surface area (Å²) in [6.45, 7) is 0. The lowest BCUT2D eigenvalue weighted by Gasteiger charge is -2.07. The van der Waals surface area contributed by atoms with E-state index in [1.807, 2.05) is 0 Å². The van der Waals surface area contributed by atoms with Crippen LogP contribution in [0.25, 0.3) is 0 Å². The second-order valence-corrected chi connectivity index (χ2v) is 2.58.